The second-order valence-electron chi connectivity index (χ2n) is 7.26. The second kappa shape index (κ2) is 8.11. The quantitative estimate of drug-likeness (QED) is 0.608. The van der Waals surface area contributed by atoms with Crippen molar-refractivity contribution >= 4 is 44.0 Å². The number of aromatic nitrogens is 1. The van der Waals surface area contributed by atoms with Gasteiger partial charge in [-0.15, -0.1) is 11.3 Å². The molecular weight excluding hydrogens is 442 g/mol. The van der Waals surface area contributed by atoms with Crippen LogP contribution in [-0.4, -0.2) is 37.7 Å². The average molecular weight is 462 g/mol. The lowest BCUT2D eigenvalue weighted by Crippen LogP contribution is -2.23. The van der Waals surface area contributed by atoms with Gasteiger partial charge in [0.05, 0.1) is 21.2 Å². The summed E-state index contributed by atoms with van der Waals surface area (Å²) in [6, 6.07) is 10.4. The van der Waals surface area contributed by atoms with Gasteiger partial charge in [-0.25, -0.2) is 17.7 Å². The topological polar surface area (TPSA) is 79.4 Å². The van der Waals surface area contributed by atoms with E-state index in [1.807, 2.05) is 5.38 Å². The molecule has 1 N–H and O–H groups in total. The van der Waals surface area contributed by atoms with Crippen molar-refractivity contribution in [3.8, 4) is 11.3 Å². The fraction of sp³-hybridized carbons (Fsp3) is 0.238. The number of thiazole rings is 1. The summed E-state index contributed by atoms with van der Waals surface area (Å²) in [7, 11) is -0.817. The number of sulfonamides is 1. The fourth-order valence-electron chi connectivity index (χ4n) is 3.41. The molecule has 1 amide bonds. The number of hydrogen-bond donors (Lipinski definition) is 1. The van der Waals surface area contributed by atoms with Crippen molar-refractivity contribution in [2.75, 3.05) is 19.4 Å². The van der Waals surface area contributed by atoms with Gasteiger partial charge >= 0.3 is 0 Å². The molecule has 0 fully saturated rings. The molecule has 1 aromatic heterocycles. The number of amides is 1. The van der Waals surface area contributed by atoms with Gasteiger partial charge < -0.3 is 0 Å². The number of anilines is 1. The molecule has 30 heavy (non-hydrogen) atoms. The van der Waals surface area contributed by atoms with E-state index in [4.69, 9.17) is 11.6 Å². The molecule has 0 saturated carbocycles. The van der Waals surface area contributed by atoms with Crippen molar-refractivity contribution in [1.82, 2.24) is 9.29 Å². The van der Waals surface area contributed by atoms with Crippen LogP contribution in [0.4, 0.5) is 5.13 Å². The highest BCUT2D eigenvalue weighted by Gasteiger charge is 2.21. The largest absolute Gasteiger partial charge is 0.298 e. The van der Waals surface area contributed by atoms with Gasteiger partial charge in [-0.1, -0.05) is 23.7 Å². The van der Waals surface area contributed by atoms with Crippen LogP contribution in [-0.2, 0) is 22.9 Å². The Labute approximate surface area is 184 Å². The van der Waals surface area contributed by atoms with Crippen LogP contribution >= 0.6 is 22.9 Å². The molecule has 6 nitrogen and oxygen atoms in total. The molecule has 0 aliphatic heterocycles. The van der Waals surface area contributed by atoms with Crippen molar-refractivity contribution in [2.45, 2.75) is 24.2 Å². The molecule has 0 saturated heterocycles. The van der Waals surface area contributed by atoms with E-state index < -0.39 is 15.9 Å². The number of aryl methyl sites for hydroxylation is 2. The maximum atomic E-state index is 12.7. The van der Waals surface area contributed by atoms with Gasteiger partial charge in [0.25, 0.3) is 5.91 Å². The summed E-state index contributed by atoms with van der Waals surface area (Å²) < 4.78 is 25.8. The lowest BCUT2D eigenvalue weighted by molar-refractivity contribution is 0.102. The minimum Gasteiger partial charge on any atom is -0.298 e. The third-order valence-corrected chi connectivity index (χ3v) is 7.98. The van der Waals surface area contributed by atoms with Crippen LogP contribution in [0.1, 0.15) is 27.9 Å². The predicted molar refractivity (Wildman–Crippen MR) is 120 cm³/mol. The summed E-state index contributed by atoms with van der Waals surface area (Å²) in [5.41, 5.74) is 4.64. The zero-order valence-corrected chi connectivity index (χ0v) is 18.9. The van der Waals surface area contributed by atoms with Gasteiger partial charge in [0.1, 0.15) is 0 Å². The zero-order valence-electron chi connectivity index (χ0n) is 16.5. The molecule has 1 aliphatic rings. The Morgan fingerprint density at radius 1 is 1.13 bits per heavy atom. The maximum absolute atomic E-state index is 12.7. The highest BCUT2D eigenvalue weighted by molar-refractivity contribution is 7.89. The molecule has 0 radical (unpaired) electrons. The number of nitrogens with zero attached hydrogens (tertiary/aromatic N) is 2. The van der Waals surface area contributed by atoms with Crippen LogP contribution in [0, 0.1) is 0 Å². The van der Waals surface area contributed by atoms with Crippen LogP contribution in [0.25, 0.3) is 11.3 Å². The van der Waals surface area contributed by atoms with Gasteiger partial charge in [0.2, 0.25) is 10.0 Å². The Balaban J connectivity index is 1.57. The number of halogens is 1. The number of carbonyl (C=O) groups excluding carboxylic acids is 1. The predicted octanol–water partition coefficient (Wildman–Crippen LogP) is 4.45. The van der Waals surface area contributed by atoms with E-state index in [0.29, 0.717) is 5.13 Å². The van der Waals surface area contributed by atoms with E-state index in [2.05, 4.69) is 28.5 Å². The van der Waals surface area contributed by atoms with E-state index in [1.165, 1.54) is 61.2 Å². The smallest absolute Gasteiger partial charge is 0.259 e. The van der Waals surface area contributed by atoms with Crippen molar-refractivity contribution in [3.05, 3.63) is 63.5 Å². The van der Waals surface area contributed by atoms with Crippen LogP contribution in [0.15, 0.2) is 46.7 Å². The Bertz CT molecular complexity index is 1240. The number of hydrogen-bond acceptors (Lipinski definition) is 5. The Hall–Kier alpha value is -2.26. The molecule has 2 aromatic carbocycles. The molecule has 3 aromatic rings. The molecule has 1 heterocycles. The lowest BCUT2D eigenvalue weighted by Gasteiger charge is -2.13. The Kier molecular flexibility index (Phi) is 5.67. The van der Waals surface area contributed by atoms with Crippen molar-refractivity contribution in [1.29, 1.82) is 0 Å². The number of rotatable bonds is 5. The summed E-state index contributed by atoms with van der Waals surface area (Å²) >= 11 is 7.46. The molecule has 4 rings (SSSR count). The van der Waals surface area contributed by atoms with Crippen molar-refractivity contribution in [2.24, 2.45) is 0 Å². The zero-order chi connectivity index (χ0) is 21.5. The van der Waals surface area contributed by atoms with E-state index in [9.17, 15) is 13.2 Å². The molecule has 0 atom stereocenters. The van der Waals surface area contributed by atoms with E-state index in [-0.39, 0.29) is 15.5 Å². The minimum atomic E-state index is -3.68. The molecule has 1 aliphatic carbocycles. The summed E-state index contributed by atoms with van der Waals surface area (Å²) in [5.74, 6) is -0.509. The Morgan fingerprint density at radius 2 is 1.90 bits per heavy atom. The number of carbonyl (C=O) groups is 1. The molecule has 0 unspecified atom stereocenters. The highest BCUT2D eigenvalue weighted by atomic mass is 35.5. The fourth-order valence-corrected chi connectivity index (χ4v) is 5.26. The van der Waals surface area contributed by atoms with Crippen LogP contribution in [0.5, 0.6) is 0 Å². The molecular formula is C21H20ClN3O3S2. The monoisotopic (exact) mass is 461 g/mol. The van der Waals surface area contributed by atoms with Crippen molar-refractivity contribution < 1.29 is 13.2 Å². The average Bonchev–Trinajstić information content (AvgIpc) is 3.36. The molecule has 0 spiro atoms. The standard InChI is InChI=1S/C21H20ClN3O3S2/c1-25(2)30(27,28)16-8-9-18(22)17(11-16)20(26)24-21-23-19(12-29-21)15-7-6-13-4-3-5-14(13)10-15/h6-12H,3-5H2,1-2H3,(H,23,24,26). The van der Waals surface area contributed by atoms with Crippen LogP contribution < -0.4 is 5.32 Å². The maximum Gasteiger partial charge on any atom is 0.259 e. The number of nitrogens with one attached hydrogen (secondary N) is 1. The normalized spacial score (nSPS) is 13.5. The van der Waals surface area contributed by atoms with Gasteiger partial charge in [-0.05, 0) is 54.7 Å². The summed E-state index contributed by atoms with van der Waals surface area (Å²) in [4.78, 5) is 17.3. The summed E-state index contributed by atoms with van der Waals surface area (Å²) in [5, 5.41) is 5.21. The van der Waals surface area contributed by atoms with E-state index in [0.717, 1.165) is 28.4 Å². The number of fused-ring (bicyclic) bond motifs is 1. The Morgan fingerprint density at radius 3 is 2.67 bits per heavy atom. The number of benzene rings is 2. The van der Waals surface area contributed by atoms with Gasteiger partial charge in [0, 0.05) is 25.0 Å². The van der Waals surface area contributed by atoms with Gasteiger partial charge in [0.15, 0.2) is 5.13 Å². The molecule has 0 bridgehead atoms. The SMILES string of the molecule is CN(C)S(=O)(=O)c1ccc(Cl)c(C(=O)Nc2nc(-c3ccc4c(c3)CCC4)cs2)c1. The van der Waals surface area contributed by atoms with E-state index >= 15 is 0 Å². The van der Waals surface area contributed by atoms with Crippen LogP contribution in [0.2, 0.25) is 5.02 Å². The first-order valence-electron chi connectivity index (χ1n) is 9.37. The first kappa shape index (κ1) is 21.0. The minimum absolute atomic E-state index is 0.0000174. The third-order valence-electron chi connectivity index (χ3n) is 5.08. The van der Waals surface area contributed by atoms with E-state index in [1.54, 1.807) is 0 Å². The molecule has 156 valence electrons. The van der Waals surface area contributed by atoms with Gasteiger partial charge in [-0.3, -0.25) is 10.1 Å². The summed E-state index contributed by atoms with van der Waals surface area (Å²) in [6.07, 6.45) is 3.39. The molecule has 9 heteroatoms. The first-order valence-corrected chi connectivity index (χ1v) is 12.1. The van der Waals surface area contributed by atoms with Gasteiger partial charge in [-0.2, -0.15) is 0 Å². The highest BCUT2D eigenvalue weighted by Crippen LogP contribution is 2.30. The lowest BCUT2D eigenvalue weighted by atomic mass is 10.1. The second-order valence-corrected chi connectivity index (χ2v) is 10.7. The van der Waals surface area contributed by atoms with Crippen molar-refractivity contribution in [3.63, 3.8) is 0 Å². The third kappa shape index (κ3) is 4.00. The summed E-state index contributed by atoms with van der Waals surface area (Å²) in [6.45, 7) is 0. The van der Waals surface area contributed by atoms with Crippen LogP contribution in [0.3, 0.4) is 0 Å². The first-order chi connectivity index (χ1) is 14.3.